The molecule has 344 valence electrons. The molecular weight excluding hydrogens is 940 g/mol. The molecule has 0 aliphatic rings. The quantitative estimate of drug-likeness (QED) is 0.0534. The van der Waals surface area contributed by atoms with E-state index in [1.807, 2.05) is 57.2 Å². The van der Waals surface area contributed by atoms with Crippen molar-refractivity contribution in [3.8, 4) is 0 Å². The first-order valence-corrected chi connectivity index (χ1v) is 23.0. The van der Waals surface area contributed by atoms with Crippen molar-refractivity contribution in [1.82, 2.24) is 20.2 Å². The maximum Gasteiger partial charge on any atom is 0.519 e. The number of carbonyl (C=O) groups excluding carboxylic acids is 3. The molecule has 0 spiro atoms. The topological polar surface area (TPSA) is 135 Å². The number of nitrogens with one attached hydrogen (secondary N) is 3. The van der Waals surface area contributed by atoms with Gasteiger partial charge in [0, 0.05) is 61.8 Å². The molecule has 0 radical (unpaired) electrons. The number of halogens is 2. The predicted octanol–water partition coefficient (Wildman–Crippen LogP) is 13.7. The van der Waals surface area contributed by atoms with E-state index in [1.54, 1.807) is 46.4 Å². The second-order valence-corrected chi connectivity index (χ2v) is 20.2. The lowest BCUT2D eigenvalue weighted by molar-refractivity contribution is -0.0294. The Morgan fingerprint density at radius 1 is 0.594 bits per heavy atom. The number of aromatic amines is 2. The van der Waals surface area contributed by atoms with E-state index < -0.39 is 29.1 Å². The van der Waals surface area contributed by atoms with Crippen molar-refractivity contribution in [2.24, 2.45) is 0 Å². The molecule has 0 unspecified atom stereocenters. The summed E-state index contributed by atoms with van der Waals surface area (Å²) in [6.45, 7) is 22.9. The lowest BCUT2D eigenvalue weighted by atomic mass is 10.1. The summed E-state index contributed by atoms with van der Waals surface area (Å²) in [5.41, 5.74) is 7.92. The summed E-state index contributed by atoms with van der Waals surface area (Å²) < 4.78 is 21.6. The first kappa shape index (κ1) is 51.5. The number of amides is 1. The first-order valence-electron chi connectivity index (χ1n) is 21.4. The van der Waals surface area contributed by atoms with Gasteiger partial charge in [0.15, 0.2) is 0 Å². The van der Waals surface area contributed by atoms with Crippen LogP contribution in [0.25, 0.3) is 21.8 Å². The number of carbonyl (C=O) groups is 3. The Hall–Kier alpha value is -5.11. The number of fused-ring (bicyclic) bond motifs is 2. The van der Waals surface area contributed by atoms with Crippen LogP contribution in [0.2, 0.25) is 0 Å². The lowest BCUT2D eigenvalue weighted by Gasteiger charge is -2.27. The van der Waals surface area contributed by atoms with Crippen molar-refractivity contribution in [1.29, 1.82) is 0 Å². The second kappa shape index (κ2) is 23.2. The first-order chi connectivity index (χ1) is 30.0. The van der Waals surface area contributed by atoms with Crippen molar-refractivity contribution < 1.29 is 33.3 Å². The Morgan fingerprint density at radius 3 is 1.53 bits per heavy atom. The van der Waals surface area contributed by atoms with Crippen LogP contribution < -0.4 is 5.32 Å². The summed E-state index contributed by atoms with van der Waals surface area (Å²) in [6, 6.07) is 33.3. The highest BCUT2D eigenvalue weighted by atomic mass is 79.9. The fraction of sp³-hybridized carbons (Fsp3) is 0.392. The van der Waals surface area contributed by atoms with E-state index in [4.69, 9.17) is 14.2 Å². The maximum atomic E-state index is 12.8. The van der Waals surface area contributed by atoms with E-state index >= 15 is 0 Å². The third-order valence-electron chi connectivity index (χ3n) is 9.32. The number of ether oxygens (including phenoxy) is 4. The zero-order valence-corrected chi connectivity index (χ0v) is 42.2. The number of rotatable bonds is 10. The van der Waals surface area contributed by atoms with E-state index in [1.165, 1.54) is 38.7 Å². The van der Waals surface area contributed by atoms with Gasteiger partial charge in [0.05, 0.1) is 0 Å². The molecule has 0 aliphatic carbocycles. The number of hydrogen-bond acceptors (Lipinski definition) is 8. The molecule has 0 saturated heterocycles. The molecule has 4 aromatic carbocycles. The summed E-state index contributed by atoms with van der Waals surface area (Å²) in [4.78, 5) is 43.5. The minimum absolute atomic E-state index is 0.287. The Bertz CT molecular complexity index is 2450. The van der Waals surface area contributed by atoms with E-state index in [0.717, 1.165) is 51.7 Å². The van der Waals surface area contributed by atoms with Crippen molar-refractivity contribution >= 4 is 72.1 Å². The molecule has 6 rings (SSSR count). The highest BCUT2D eigenvalue weighted by Crippen LogP contribution is 2.25. The van der Waals surface area contributed by atoms with Gasteiger partial charge in [0.25, 0.3) is 0 Å². The Kier molecular flexibility index (Phi) is 18.7. The predicted molar refractivity (Wildman–Crippen MR) is 264 cm³/mol. The van der Waals surface area contributed by atoms with Crippen molar-refractivity contribution in [2.45, 2.75) is 119 Å². The smallest absolute Gasteiger partial charge is 0.444 e. The van der Waals surface area contributed by atoms with Gasteiger partial charge in [-0.3, -0.25) is 0 Å². The van der Waals surface area contributed by atoms with Gasteiger partial charge >= 0.3 is 18.4 Å². The fourth-order valence-corrected chi connectivity index (χ4v) is 7.57. The average molecular weight is 1000 g/mol. The normalized spacial score (nSPS) is 11.5. The molecule has 2 heterocycles. The van der Waals surface area contributed by atoms with Crippen LogP contribution in [0.1, 0.15) is 96.0 Å². The molecular formula is C51H64Br2N4O7. The van der Waals surface area contributed by atoms with Crippen molar-refractivity contribution in [3.05, 3.63) is 140 Å². The standard InChI is InChI=1S/C23H27BrN2O2.C18H19BrN2.C10H18O5/c1-16-19(20-10-5-6-11-21(20)25-16)12-13-26(22(27)28-23(2,3)4)15-17-8-7-9-18(24)14-17;1-13-16(17-7-2-3-8-18(17)21-13)9-10-20-12-14-5-4-6-15(19)11-14;1-9(2,3)14-7(11)13-8(12)15-10(4,5)6/h5-11,14,25H,12-13,15H2,1-4H3;2-8,11,20-21H,9-10,12H2,1H3;1-6H3. The highest BCUT2D eigenvalue weighted by molar-refractivity contribution is 9.10. The van der Waals surface area contributed by atoms with Gasteiger partial charge in [0.1, 0.15) is 16.8 Å². The SMILES string of the molecule is CC(C)(C)OC(=O)OC(=O)OC(C)(C)C.Cc1[nH]c2ccccc2c1CCN(Cc1cccc(Br)c1)C(=O)OC(C)(C)C.Cc1[nH]c2ccccc2c1CCNCc1cccc(Br)c1. The van der Waals surface area contributed by atoms with Gasteiger partial charge in [-0.1, -0.05) is 92.5 Å². The van der Waals surface area contributed by atoms with Gasteiger partial charge in [-0.25, -0.2) is 14.4 Å². The Balaban J connectivity index is 0.000000222. The maximum absolute atomic E-state index is 12.8. The summed E-state index contributed by atoms with van der Waals surface area (Å²) in [7, 11) is 0. The van der Waals surface area contributed by atoms with E-state index in [-0.39, 0.29) is 6.09 Å². The number of hydrogen-bond donors (Lipinski definition) is 3. The van der Waals surface area contributed by atoms with Crippen LogP contribution in [0.3, 0.4) is 0 Å². The van der Waals surface area contributed by atoms with Gasteiger partial charge in [0.2, 0.25) is 0 Å². The molecule has 0 fully saturated rings. The highest BCUT2D eigenvalue weighted by Gasteiger charge is 2.25. The number of para-hydroxylation sites is 2. The van der Waals surface area contributed by atoms with Crippen LogP contribution >= 0.6 is 31.9 Å². The number of benzene rings is 4. The summed E-state index contributed by atoms with van der Waals surface area (Å²) in [5, 5.41) is 6.09. The molecule has 0 saturated carbocycles. The summed E-state index contributed by atoms with van der Waals surface area (Å²) in [5.74, 6) is 0. The third kappa shape index (κ3) is 17.8. The van der Waals surface area contributed by atoms with Crippen LogP contribution in [0.15, 0.2) is 106 Å². The van der Waals surface area contributed by atoms with Crippen LogP contribution in [-0.2, 0) is 44.9 Å². The van der Waals surface area contributed by atoms with E-state index in [9.17, 15) is 14.4 Å². The molecule has 3 N–H and O–H groups in total. The van der Waals surface area contributed by atoms with Crippen LogP contribution in [-0.4, -0.2) is 63.2 Å². The zero-order valence-electron chi connectivity index (χ0n) is 39.0. The zero-order chi connectivity index (χ0) is 47.2. The van der Waals surface area contributed by atoms with Gasteiger partial charge in [-0.15, -0.1) is 0 Å². The summed E-state index contributed by atoms with van der Waals surface area (Å²) in [6.07, 6.45) is -0.592. The van der Waals surface area contributed by atoms with Gasteiger partial charge < -0.3 is 39.1 Å². The molecule has 6 aromatic rings. The Labute approximate surface area is 395 Å². The molecule has 0 aliphatic heterocycles. The molecule has 13 heteroatoms. The molecule has 2 aromatic heterocycles. The fourth-order valence-electron chi connectivity index (χ4n) is 6.68. The monoisotopic (exact) mass is 1000 g/mol. The number of nitrogens with zero attached hydrogens (tertiary/aromatic N) is 1. The third-order valence-corrected chi connectivity index (χ3v) is 10.3. The lowest BCUT2D eigenvalue weighted by Crippen LogP contribution is -2.37. The molecule has 64 heavy (non-hydrogen) atoms. The van der Waals surface area contributed by atoms with Crippen LogP contribution in [0.5, 0.6) is 0 Å². The minimum Gasteiger partial charge on any atom is -0.444 e. The van der Waals surface area contributed by atoms with Gasteiger partial charge in [-0.2, -0.15) is 0 Å². The molecule has 0 bridgehead atoms. The number of aryl methyl sites for hydroxylation is 2. The minimum atomic E-state index is -1.06. The molecule has 1 amide bonds. The largest absolute Gasteiger partial charge is 0.519 e. The molecule has 0 atom stereocenters. The Morgan fingerprint density at radius 2 is 1.05 bits per heavy atom. The van der Waals surface area contributed by atoms with Crippen LogP contribution in [0.4, 0.5) is 14.4 Å². The average Bonchev–Trinajstić information content (AvgIpc) is 3.67. The molecule has 11 nitrogen and oxygen atoms in total. The van der Waals surface area contributed by atoms with E-state index in [0.29, 0.717) is 13.1 Å². The van der Waals surface area contributed by atoms with Crippen molar-refractivity contribution in [3.63, 3.8) is 0 Å². The second-order valence-electron chi connectivity index (χ2n) is 18.4. The number of H-pyrrole nitrogens is 2. The van der Waals surface area contributed by atoms with Gasteiger partial charge in [-0.05, 0) is 154 Å². The summed E-state index contributed by atoms with van der Waals surface area (Å²) >= 11 is 7.01. The van der Waals surface area contributed by atoms with Crippen LogP contribution in [0, 0.1) is 13.8 Å². The number of aromatic nitrogens is 2. The van der Waals surface area contributed by atoms with Crippen molar-refractivity contribution in [2.75, 3.05) is 13.1 Å². The van der Waals surface area contributed by atoms with E-state index in [2.05, 4.69) is 126 Å².